The van der Waals surface area contributed by atoms with Gasteiger partial charge in [-0.15, -0.1) is 11.3 Å². The molecule has 0 bridgehead atoms. The lowest BCUT2D eigenvalue weighted by molar-refractivity contribution is 0.00578. The Labute approximate surface area is 130 Å². The summed E-state index contributed by atoms with van der Waals surface area (Å²) < 4.78 is 12.1. The monoisotopic (exact) mass is 301 g/mol. The Hall–Kier alpha value is -1.17. The van der Waals surface area contributed by atoms with Crippen molar-refractivity contribution in [3.05, 3.63) is 35.3 Å². The van der Waals surface area contributed by atoms with Crippen LogP contribution in [-0.4, -0.2) is 23.3 Å². The van der Waals surface area contributed by atoms with E-state index in [1.54, 1.807) is 11.3 Å². The predicted molar refractivity (Wildman–Crippen MR) is 88.0 cm³/mol. The summed E-state index contributed by atoms with van der Waals surface area (Å²) in [5, 5.41) is 3.12. The maximum atomic E-state index is 6.06. The number of rotatable bonds is 2. The summed E-state index contributed by atoms with van der Waals surface area (Å²) in [4.78, 5) is 4.51. The summed E-state index contributed by atoms with van der Waals surface area (Å²) >= 11 is 1.67. The Bertz CT molecular complexity index is 633. The third-order valence-electron chi connectivity index (χ3n) is 4.30. The molecule has 1 aromatic heterocycles. The van der Waals surface area contributed by atoms with Crippen molar-refractivity contribution in [1.29, 1.82) is 0 Å². The third kappa shape index (κ3) is 2.66. The van der Waals surface area contributed by atoms with Crippen molar-refractivity contribution in [2.45, 2.75) is 45.8 Å². The zero-order chi connectivity index (χ0) is 15.3. The molecule has 1 saturated heterocycles. The van der Waals surface area contributed by atoms with E-state index in [2.05, 4.69) is 62.3 Å². The fraction of sp³-hybridized carbons (Fsp3) is 0.438. The molecule has 21 heavy (non-hydrogen) atoms. The molecule has 0 unspecified atom stereocenters. The van der Waals surface area contributed by atoms with Gasteiger partial charge in [0.15, 0.2) is 0 Å². The molecule has 0 atom stereocenters. The molecule has 0 aliphatic carbocycles. The summed E-state index contributed by atoms with van der Waals surface area (Å²) in [7, 11) is -0.304. The van der Waals surface area contributed by atoms with E-state index in [1.165, 1.54) is 0 Å². The van der Waals surface area contributed by atoms with Gasteiger partial charge in [-0.2, -0.15) is 0 Å². The van der Waals surface area contributed by atoms with Crippen molar-refractivity contribution in [2.75, 3.05) is 0 Å². The molecule has 0 saturated carbocycles. The highest BCUT2D eigenvalue weighted by Crippen LogP contribution is 2.36. The molecule has 110 valence electrons. The number of benzene rings is 1. The second kappa shape index (κ2) is 4.94. The van der Waals surface area contributed by atoms with E-state index in [4.69, 9.17) is 9.31 Å². The first-order valence-electron chi connectivity index (χ1n) is 7.17. The van der Waals surface area contributed by atoms with Gasteiger partial charge in [-0.25, -0.2) is 4.98 Å². The number of aryl methyl sites for hydroxylation is 1. The Morgan fingerprint density at radius 1 is 1.00 bits per heavy atom. The highest BCUT2D eigenvalue weighted by molar-refractivity contribution is 7.13. The smallest absolute Gasteiger partial charge is 0.399 e. The van der Waals surface area contributed by atoms with E-state index < -0.39 is 0 Å². The molecular formula is C16H20BNO2S. The molecule has 2 aromatic rings. The second-order valence-electron chi connectivity index (χ2n) is 6.50. The van der Waals surface area contributed by atoms with Gasteiger partial charge in [0.05, 0.1) is 11.2 Å². The van der Waals surface area contributed by atoms with Crippen LogP contribution in [0, 0.1) is 6.92 Å². The predicted octanol–water partition coefficient (Wildman–Crippen LogP) is 3.42. The van der Waals surface area contributed by atoms with Crippen LogP contribution in [0.2, 0.25) is 0 Å². The van der Waals surface area contributed by atoms with Crippen molar-refractivity contribution in [2.24, 2.45) is 0 Å². The molecule has 0 radical (unpaired) electrons. The Morgan fingerprint density at radius 3 is 2.05 bits per heavy atom. The Morgan fingerprint density at radius 2 is 1.57 bits per heavy atom. The quantitative estimate of drug-likeness (QED) is 0.797. The van der Waals surface area contributed by atoms with E-state index in [0.29, 0.717) is 0 Å². The van der Waals surface area contributed by atoms with Gasteiger partial charge >= 0.3 is 7.12 Å². The molecule has 0 N–H and O–H groups in total. The normalized spacial score (nSPS) is 20.0. The van der Waals surface area contributed by atoms with Crippen molar-refractivity contribution in [1.82, 2.24) is 4.98 Å². The van der Waals surface area contributed by atoms with Crippen LogP contribution in [-0.2, 0) is 9.31 Å². The summed E-state index contributed by atoms with van der Waals surface area (Å²) in [6.07, 6.45) is 0. The fourth-order valence-corrected chi connectivity index (χ4v) is 3.05. The molecule has 1 aliphatic rings. The fourth-order valence-electron chi connectivity index (χ4n) is 2.25. The average Bonchev–Trinajstić information content (AvgIpc) is 2.92. The lowest BCUT2D eigenvalue weighted by atomic mass is 9.79. The molecule has 5 heteroatoms. The van der Waals surface area contributed by atoms with Gasteiger partial charge in [-0.1, -0.05) is 24.3 Å². The summed E-state index contributed by atoms with van der Waals surface area (Å²) in [6.45, 7) is 10.3. The van der Waals surface area contributed by atoms with Crippen LogP contribution in [0.15, 0.2) is 29.6 Å². The van der Waals surface area contributed by atoms with Crippen molar-refractivity contribution in [3.63, 3.8) is 0 Å². The third-order valence-corrected chi connectivity index (χ3v) is 5.31. The van der Waals surface area contributed by atoms with Gasteiger partial charge in [-0.05, 0) is 40.1 Å². The molecule has 0 spiro atoms. The van der Waals surface area contributed by atoms with Gasteiger partial charge in [0, 0.05) is 16.6 Å². The molecule has 1 aromatic carbocycles. The second-order valence-corrected chi connectivity index (χ2v) is 7.36. The van der Waals surface area contributed by atoms with Crippen LogP contribution >= 0.6 is 11.3 Å². The maximum Gasteiger partial charge on any atom is 0.494 e. The van der Waals surface area contributed by atoms with E-state index in [0.717, 1.165) is 21.7 Å². The Kier molecular flexibility index (Phi) is 3.47. The average molecular weight is 301 g/mol. The van der Waals surface area contributed by atoms with E-state index >= 15 is 0 Å². The van der Waals surface area contributed by atoms with Gasteiger partial charge in [0.1, 0.15) is 5.01 Å². The molecule has 1 fully saturated rings. The van der Waals surface area contributed by atoms with Crippen LogP contribution in [0.3, 0.4) is 0 Å². The molecule has 3 rings (SSSR count). The first-order chi connectivity index (χ1) is 9.78. The molecule has 3 nitrogen and oxygen atoms in total. The SMILES string of the molecule is Cc1csc(-c2ccc(B3OC(C)(C)C(C)(C)O3)cc2)n1. The van der Waals surface area contributed by atoms with E-state index in [1.807, 2.05) is 6.92 Å². The van der Waals surface area contributed by atoms with Crippen LogP contribution in [0.25, 0.3) is 10.6 Å². The first kappa shape index (κ1) is 14.8. The number of thiazole rings is 1. The molecular weight excluding hydrogens is 281 g/mol. The molecule has 0 amide bonds. The van der Waals surface area contributed by atoms with Gasteiger partial charge in [0.2, 0.25) is 0 Å². The lowest BCUT2D eigenvalue weighted by Crippen LogP contribution is -2.41. The minimum absolute atomic E-state index is 0.303. The van der Waals surface area contributed by atoms with Gasteiger partial charge < -0.3 is 9.31 Å². The number of nitrogens with zero attached hydrogens (tertiary/aromatic N) is 1. The first-order valence-corrected chi connectivity index (χ1v) is 8.05. The van der Waals surface area contributed by atoms with E-state index in [-0.39, 0.29) is 18.3 Å². The Balaban J connectivity index is 1.83. The largest absolute Gasteiger partial charge is 0.494 e. The van der Waals surface area contributed by atoms with Crippen LogP contribution in [0.4, 0.5) is 0 Å². The van der Waals surface area contributed by atoms with Crippen molar-refractivity contribution >= 4 is 23.9 Å². The zero-order valence-corrected chi connectivity index (χ0v) is 14.0. The minimum Gasteiger partial charge on any atom is -0.399 e. The van der Waals surface area contributed by atoms with Crippen LogP contribution < -0.4 is 5.46 Å². The number of hydrogen-bond acceptors (Lipinski definition) is 4. The zero-order valence-electron chi connectivity index (χ0n) is 13.1. The lowest BCUT2D eigenvalue weighted by Gasteiger charge is -2.32. The molecule has 2 heterocycles. The standard InChI is InChI=1S/C16H20BNO2S/c1-11-10-21-14(18-11)12-6-8-13(9-7-12)17-19-15(2,3)16(4,5)20-17/h6-10H,1-5H3. The van der Waals surface area contributed by atoms with Crippen molar-refractivity contribution in [3.8, 4) is 10.6 Å². The van der Waals surface area contributed by atoms with Crippen LogP contribution in [0.5, 0.6) is 0 Å². The van der Waals surface area contributed by atoms with E-state index in [9.17, 15) is 0 Å². The highest BCUT2D eigenvalue weighted by Gasteiger charge is 2.51. The summed E-state index contributed by atoms with van der Waals surface area (Å²) in [6, 6.07) is 8.29. The van der Waals surface area contributed by atoms with Crippen molar-refractivity contribution < 1.29 is 9.31 Å². The summed E-state index contributed by atoms with van der Waals surface area (Å²) in [5.74, 6) is 0. The minimum atomic E-state index is -0.304. The van der Waals surface area contributed by atoms with Crippen LogP contribution in [0.1, 0.15) is 33.4 Å². The van der Waals surface area contributed by atoms with Gasteiger partial charge in [0.25, 0.3) is 0 Å². The van der Waals surface area contributed by atoms with Gasteiger partial charge in [-0.3, -0.25) is 0 Å². The topological polar surface area (TPSA) is 31.4 Å². The highest BCUT2D eigenvalue weighted by atomic mass is 32.1. The number of aromatic nitrogens is 1. The molecule has 1 aliphatic heterocycles. The summed E-state index contributed by atoms with van der Waals surface area (Å²) in [5.41, 5.74) is 2.63. The number of hydrogen-bond donors (Lipinski definition) is 0. The maximum absolute atomic E-state index is 6.06.